The number of carbonyl (C=O) groups excluding carboxylic acids is 5. The summed E-state index contributed by atoms with van der Waals surface area (Å²) in [6.07, 6.45) is 3.09. The van der Waals surface area contributed by atoms with E-state index in [1.165, 1.54) is 4.90 Å². The van der Waals surface area contributed by atoms with Crippen LogP contribution in [-0.2, 0) is 25.5 Å². The summed E-state index contributed by atoms with van der Waals surface area (Å²) in [4.78, 5) is 76.3. The molecule has 0 saturated carbocycles. The molecule has 2 saturated heterocycles. The van der Waals surface area contributed by atoms with Gasteiger partial charge < -0.3 is 34.7 Å². The van der Waals surface area contributed by atoms with Crippen molar-refractivity contribution in [2.24, 2.45) is 17.6 Å². The van der Waals surface area contributed by atoms with Gasteiger partial charge in [0.25, 0.3) is 5.89 Å². The molecule has 13 heteroatoms. The first-order valence-electron chi connectivity index (χ1n) is 19.0. The first kappa shape index (κ1) is 39.4. The molecule has 2 aliphatic heterocycles. The molecule has 5 rings (SSSR count). The number of rotatable bonds is 17. The number of nitrogens with one attached hydrogen (secondary N) is 1. The molecule has 53 heavy (non-hydrogen) atoms. The van der Waals surface area contributed by atoms with Crippen molar-refractivity contribution in [2.75, 3.05) is 32.8 Å². The molecular weight excluding hydrogens is 678 g/mol. The molecule has 3 heterocycles. The number of amides is 3. The normalized spacial score (nSPS) is 18.5. The fourth-order valence-corrected chi connectivity index (χ4v) is 6.96. The monoisotopic (exact) mass is 731 g/mol. The summed E-state index contributed by atoms with van der Waals surface area (Å²) in [6.45, 7) is 5.57. The molecule has 2 fully saturated rings. The lowest BCUT2D eigenvalue weighted by atomic mass is 9.89. The average Bonchev–Trinajstić information content (AvgIpc) is 3.80. The van der Waals surface area contributed by atoms with Gasteiger partial charge in [0.05, 0.1) is 19.2 Å². The molecule has 3 amide bonds. The number of hydrogen-bond donors (Lipinski definition) is 2. The largest absolute Gasteiger partial charge is 0.449 e. The third-order valence-corrected chi connectivity index (χ3v) is 9.83. The van der Waals surface area contributed by atoms with E-state index in [9.17, 15) is 24.0 Å². The number of para-hydroxylation sites is 2. The molecule has 2 aliphatic rings. The van der Waals surface area contributed by atoms with Crippen LogP contribution in [0.3, 0.4) is 0 Å². The van der Waals surface area contributed by atoms with Crippen LogP contribution in [0, 0.1) is 11.8 Å². The maximum absolute atomic E-state index is 14.5. The van der Waals surface area contributed by atoms with E-state index in [2.05, 4.69) is 10.3 Å². The van der Waals surface area contributed by atoms with Crippen LogP contribution in [-0.4, -0.2) is 95.4 Å². The number of nitrogens with zero attached hydrogens (tertiary/aromatic N) is 3. The van der Waals surface area contributed by atoms with E-state index in [0.29, 0.717) is 56.4 Å². The Hall–Kier alpha value is -4.78. The molecule has 0 unspecified atom stereocenters. The molecule has 13 nitrogen and oxygen atoms in total. The van der Waals surface area contributed by atoms with Crippen LogP contribution in [0.2, 0.25) is 0 Å². The minimum atomic E-state index is -1.02. The van der Waals surface area contributed by atoms with Crippen molar-refractivity contribution in [1.82, 2.24) is 20.1 Å². The Labute approximate surface area is 310 Å². The minimum Gasteiger partial charge on any atom is -0.449 e. The Morgan fingerprint density at radius 2 is 1.70 bits per heavy atom. The molecule has 0 radical (unpaired) electrons. The van der Waals surface area contributed by atoms with Crippen LogP contribution < -0.4 is 11.1 Å². The van der Waals surface area contributed by atoms with Gasteiger partial charge in [-0.3, -0.25) is 14.4 Å². The number of carbonyl (C=O) groups is 5. The van der Waals surface area contributed by atoms with Crippen LogP contribution in [0.25, 0.3) is 11.1 Å². The third kappa shape index (κ3) is 11.1. The van der Waals surface area contributed by atoms with Crippen LogP contribution in [0.15, 0.2) is 59.0 Å². The van der Waals surface area contributed by atoms with Gasteiger partial charge in [-0.15, -0.1) is 0 Å². The number of aryl methyl sites for hydroxylation is 1. The van der Waals surface area contributed by atoms with Gasteiger partial charge in [-0.25, -0.2) is 14.6 Å². The average molecular weight is 732 g/mol. The number of aromatic nitrogens is 1. The van der Waals surface area contributed by atoms with Gasteiger partial charge in [-0.2, -0.15) is 0 Å². The number of likely N-dealkylation sites (tertiary alicyclic amines) is 2. The summed E-state index contributed by atoms with van der Waals surface area (Å²) >= 11 is 0. The van der Waals surface area contributed by atoms with Crippen molar-refractivity contribution in [1.29, 1.82) is 0 Å². The zero-order valence-corrected chi connectivity index (χ0v) is 30.9. The number of alkyl carbamates (subject to hydrolysis) is 1. The number of nitrogens with two attached hydrogens (primary N) is 1. The Morgan fingerprint density at radius 3 is 2.42 bits per heavy atom. The van der Waals surface area contributed by atoms with Gasteiger partial charge in [0.2, 0.25) is 11.7 Å². The molecule has 3 aromatic rings. The van der Waals surface area contributed by atoms with Crippen LogP contribution >= 0.6 is 0 Å². The lowest BCUT2D eigenvalue weighted by Gasteiger charge is -2.29. The Bertz CT molecular complexity index is 1660. The van der Waals surface area contributed by atoms with E-state index in [1.54, 1.807) is 29.2 Å². The maximum Gasteiger partial charge on any atom is 0.410 e. The van der Waals surface area contributed by atoms with E-state index < -0.39 is 48.0 Å². The number of hydrogen-bond acceptors (Lipinski definition) is 10. The molecule has 3 N–H and O–H groups in total. The highest BCUT2D eigenvalue weighted by atomic mass is 16.6. The van der Waals surface area contributed by atoms with E-state index >= 15 is 0 Å². The van der Waals surface area contributed by atoms with E-state index in [0.717, 1.165) is 24.8 Å². The predicted octanol–water partition coefficient (Wildman–Crippen LogP) is 5.69. The summed E-state index contributed by atoms with van der Waals surface area (Å²) in [5, 5.41) is 2.75. The molecule has 2 aromatic carbocycles. The van der Waals surface area contributed by atoms with Crippen molar-refractivity contribution in [2.45, 2.75) is 96.2 Å². The molecule has 0 aliphatic carbocycles. The van der Waals surface area contributed by atoms with Gasteiger partial charge in [-0.05, 0) is 75.1 Å². The number of Topliss-reactive ketones (excluding diaryl/α,β-unsaturated/α-hetero) is 2. The highest BCUT2D eigenvalue weighted by molar-refractivity contribution is 6.00. The van der Waals surface area contributed by atoms with Crippen LogP contribution in [0.1, 0.15) is 87.9 Å². The zero-order valence-electron chi connectivity index (χ0n) is 30.9. The number of unbranched alkanes of at least 4 members (excludes halogenated alkanes) is 1. The number of fused-ring (bicyclic) bond motifs is 1. The highest BCUT2D eigenvalue weighted by Crippen LogP contribution is 2.29. The van der Waals surface area contributed by atoms with Crippen molar-refractivity contribution in [3.63, 3.8) is 0 Å². The summed E-state index contributed by atoms with van der Waals surface area (Å²) in [7, 11) is 0. The van der Waals surface area contributed by atoms with E-state index in [-0.39, 0.29) is 50.0 Å². The van der Waals surface area contributed by atoms with Gasteiger partial charge >= 0.3 is 12.2 Å². The third-order valence-electron chi connectivity index (χ3n) is 9.83. The van der Waals surface area contributed by atoms with E-state index in [1.807, 2.05) is 44.2 Å². The molecule has 4 atom stereocenters. The van der Waals surface area contributed by atoms with Crippen LogP contribution in [0.4, 0.5) is 9.59 Å². The Kier molecular flexibility index (Phi) is 14.4. The molecule has 0 spiro atoms. The van der Waals surface area contributed by atoms with Crippen molar-refractivity contribution in [3.05, 3.63) is 66.1 Å². The maximum atomic E-state index is 14.5. The Morgan fingerprint density at radius 1 is 0.962 bits per heavy atom. The second-order valence-electron chi connectivity index (χ2n) is 14.5. The standard InChI is InChI=1S/C40H53N5O8/c1-27(2)26-51-39(49)43-32(19-18-28-13-5-3-6-14-28)38(48)45-25-30(52-40(50)44-21-11-4-12-22-44)24-33(45)34(46)23-29(15-9-10-20-41)36(47)37-42-31-16-7-8-17-35(31)53-37/h3,5-8,13-14,16-17,27,29-30,32-33H,4,9-12,15,18-26,41H2,1-2H3,(H,43,49)/t29-,30-,32-,33+/m1/s1. The number of ketones is 2. The van der Waals surface area contributed by atoms with Gasteiger partial charge in [0, 0.05) is 31.8 Å². The number of piperidine rings is 1. The summed E-state index contributed by atoms with van der Waals surface area (Å²) in [5.41, 5.74) is 7.74. The number of oxazole rings is 1. The smallest absolute Gasteiger partial charge is 0.410 e. The first-order chi connectivity index (χ1) is 25.6. The summed E-state index contributed by atoms with van der Waals surface area (Å²) in [6, 6.07) is 14.6. The lowest BCUT2D eigenvalue weighted by molar-refractivity contribution is -0.139. The lowest BCUT2D eigenvalue weighted by Crippen LogP contribution is -2.52. The zero-order chi connectivity index (χ0) is 37.7. The molecular formula is C40H53N5O8. The minimum absolute atomic E-state index is 0.0315. The molecule has 286 valence electrons. The molecule has 0 bridgehead atoms. The summed E-state index contributed by atoms with van der Waals surface area (Å²) < 4.78 is 17.1. The SMILES string of the molecule is CC(C)COC(=O)N[C@H](CCc1ccccc1)C(=O)N1C[C@H](OC(=O)N2CCCCC2)C[C@H]1C(=O)C[C@@H](CCCCN)C(=O)c1nc2ccccc2o1. The van der Waals surface area contributed by atoms with Gasteiger partial charge in [0.1, 0.15) is 17.7 Å². The second-order valence-corrected chi connectivity index (χ2v) is 14.5. The quantitative estimate of drug-likeness (QED) is 0.130. The first-order valence-corrected chi connectivity index (χ1v) is 19.0. The van der Waals surface area contributed by atoms with E-state index in [4.69, 9.17) is 19.6 Å². The van der Waals surface area contributed by atoms with Crippen molar-refractivity contribution in [3.8, 4) is 0 Å². The molecule has 1 aromatic heterocycles. The van der Waals surface area contributed by atoms with Gasteiger partial charge in [0.15, 0.2) is 11.4 Å². The number of ether oxygens (including phenoxy) is 2. The number of benzene rings is 2. The van der Waals surface area contributed by atoms with Crippen molar-refractivity contribution < 1.29 is 37.9 Å². The summed E-state index contributed by atoms with van der Waals surface area (Å²) in [5.74, 6) is -1.98. The highest BCUT2D eigenvalue weighted by Gasteiger charge is 2.45. The predicted molar refractivity (Wildman–Crippen MR) is 198 cm³/mol. The van der Waals surface area contributed by atoms with Gasteiger partial charge in [-0.1, -0.05) is 62.7 Å². The van der Waals surface area contributed by atoms with Crippen molar-refractivity contribution >= 4 is 40.8 Å². The Balaban J connectivity index is 1.39. The fourth-order valence-electron chi connectivity index (χ4n) is 6.96. The second kappa shape index (κ2) is 19.3. The topological polar surface area (TPSA) is 174 Å². The fraction of sp³-hybridized carbons (Fsp3) is 0.550. The van der Waals surface area contributed by atoms with Crippen LogP contribution in [0.5, 0.6) is 0 Å².